The minimum absolute atomic E-state index is 0.0777. The van der Waals surface area contributed by atoms with Gasteiger partial charge in [0, 0.05) is 38.8 Å². The van der Waals surface area contributed by atoms with Gasteiger partial charge in [-0.15, -0.1) is 0 Å². The molecule has 1 unspecified atom stereocenters. The van der Waals surface area contributed by atoms with Crippen molar-refractivity contribution in [2.45, 2.75) is 37.1 Å². The van der Waals surface area contributed by atoms with Gasteiger partial charge in [-0.3, -0.25) is 0 Å². The van der Waals surface area contributed by atoms with Gasteiger partial charge in [0.2, 0.25) is 0 Å². The van der Waals surface area contributed by atoms with Gasteiger partial charge in [0.1, 0.15) is 0 Å². The highest BCUT2D eigenvalue weighted by Crippen LogP contribution is 2.64. The largest absolute Gasteiger partial charge is 0.334 e. The first-order valence-electron chi connectivity index (χ1n) is 23.5. The van der Waals surface area contributed by atoms with Gasteiger partial charge < -0.3 is 9.47 Å². The van der Waals surface area contributed by atoms with Gasteiger partial charge in [-0.25, -0.2) is 0 Å². The van der Waals surface area contributed by atoms with Crippen LogP contribution in [0.25, 0.3) is 66.4 Å². The highest BCUT2D eigenvalue weighted by atomic mass is 15.2. The molecule has 312 valence electrons. The molecule has 1 spiro atoms. The monoisotopic (exact) mass is 842 g/mol. The van der Waals surface area contributed by atoms with E-state index in [0.29, 0.717) is 0 Å². The Morgan fingerprint density at radius 1 is 0.470 bits per heavy atom. The Labute approximate surface area is 386 Å². The van der Waals surface area contributed by atoms with E-state index in [2.05, 4.69) is 248 Å². The Balaban J connectivity index is 0.911. The molecule has 2 heteroatoms. The van der Waals surface area contributed by atoms with Crippen LogP contribution < -0.4 is 4.90 Å². The normalized spacial score (nSPS) is 16.4. The minimum atomic E-state index is -0.413. The number of hydrogen-bond acceptors (Lipinski definition) is 1. The SMILES string of the molecule is CC1(C)c2ccccc2-c2ccc(N(c3cccc4c3-c3ccccc3C43c4ccccc4-c4ccccc43)C3C=CC(c4ccc(-n5c6ccccc6c6ccccc65)cc4)=CC3)cc21. The molecule has 0 amide bonds. The molecule has 1 heterocycles. The van der Waals surface area contributed by atoms with Gasteiger partial charge in [0.15, 0.2) is 0 Å². The van der Waals surface area contributed by atoms with Crippen LogP contribution in [0.5, 0.6) is 0 Å². The number of allylic oxidation sites excluding steroid dienone is 2. The van der Waals surface area contributed by atoms with Crippen LogP contribution in [-0.4, -0.2) is 10.6 Å². The zero-order chi connectivity index (χ0) is 43.7. The number of para-hydroxylation sites is 2. The molecular formula is C64H46N2. The second-order valence-electron chi connectivity index (χ2n) is 19.1. The lowest BCUT2D eigenvalue weighted by Crippen LogP contribution is -2.31. The average Bonchev–Trinajstić information content (AvgIpc) is 4.05. The Morgan fingerprint density at radius 2 is 1.00 bits per heavy atom. The third-order valence-corrected chi connectivity index (χ3v) is 15.6. The molecule has 10 aromatic rings. The number of aromatic nitrogens is 1. The Kier molecular flexibility index (Phi) is 7.82. The first kappa shape index (κ1) is 37.4. The zero-order valence-electron chi connectivity index (χ0n) is 37.0. The third kappa shape index (κ3) is 4.96. The molecule has 1 aromatic heterocycles. The van der Waals surface area contributed by atoms with E-state index in [1.807, 2.05) is 0 Å². The number of benzene rings is 9. The van der Waals surface area contributed by atoms with Crippen molar-refractivity contribution in [2.24, 2.45) is 0 Å². The van der Waals surface area contributed by atoms with Gasteiger partial charge >= 0.3 is 0 Å². The van der Waals surface area contributed by atoms with Crippen molar-refractivity contribution in [2.75, 3.05) is 4.90 Å². The van der Waals surface area contributed by atoms with E-state index in [-0.39, 0.29) is 11.5 Å². The Morgan fingerprint density at radius 3 is 1.64 bits per heavy atom. The predicted molar refractivity (Wildman–Crippen MR) is 275 cm³/mol. The molecule has 14 rings (SSSR count). The first-order valence-corrected chi connectivity index (χ1v) is 23.5. The number of anilines is 2. The lowest BCUT2D eigenvalue weighted by Gasteiger charge is -2.36. The van der Waals surface area contributed by atoms with E-state index in [4.69, 9.17) is 0 Å². The lowest BCUT2D eigenvalue weighted by atomic mass is 9.70. The van der Waals surface area contributed by atoms with Crippen LogP contribution in [0, 0.1) is 0 Å². The van der Waals surface area contributed by atoms with Gasteiger partial charge in [0.25, 0.3) is 0 Å². The van der Waals surface area contributed by atoms with Crippen molar-refractivity contribution >= 4 is 38.8 Å². The second-order valence-corrected chi connectivity index (χ2v) is 19.1. The van der Waals surface area contributed by atoms with Crippen molar-refractivity contribution in [3.05, 3.63) is 263 Å². The summed E-state index contributed by atoms with van der Waals surface area (Å²) < 4.78 is 2.40. The van der Waals surface area contributed by atoms with E-state index in [1.54, 1.807) is 0 Å². The molecule has 0 aliphatic heterocycles. The van der Waals surface area contributed by atoms with Crippen molar-refractivity contribution in [3.8, 4) is 39.1 Å². The third-order valence-electron chi connectivity index (χ3n) is 15.6. The molecule has 0 radical (unpaired) electrons. The van der Waals surface area contributed by atoms with Crippen molar-refractivity contribution < 1.29 is 0 Å². The maximum absolute atomic E-state index is 2.66. The van der Waals surface area contributed by atoms with Crippen LogP contribution in [0.1, 0.15) is 59.2 Å². The summed E-state index contributed by atoms with van der Waals surface area (Å²) in [4.78, 5) is 2.66. The number of fused-ring (bicyclic) bond motifs is 16. The van der Waals surface area contributed by atoms with Crippen LogP contribution in [0.15, 0.2) is 224 Å². The lowest BCUT2D eigenvalue weighted by molar-refractivity contribution is 0.659. The molecule has 2 nitrogen and oxygen atoms in total. The van der Waals surface area contributed by atoms with E-state index < -0.39 is 5.41 Å². The summed E-state index contributed by atoms with van der Waals surface area (Å²) >= 11 is 0. The van der Waals surface area contributed by atoms with Crippen LogP contribution in [0.4, 0.5) is 11.4 Å². The first-order chi connectivity index (χ1) is 32.5. The summed E-state index contributed by atoms with van der Waals surface area (Å²) in [5.41, 5.74) is 24.3. The molecule has 0 fully saturated rings. The number of hydrogen-bond donors (Lipinski definition) is 0. The zero-order valence-corrected chi connectivity index (χ0v) is 37.0. The summed E-state index contributed by atoms with van der Waals surface area (Å²) in [6.45, 7) is 4.78. The standard InChI is InChI=1S/C64H46N2/c1-63(2)53-22-9-3-16-46(53)49-39-38-45(40-58(49)63)65(43-34-30-41(31-35-43)42-32-36-44(37-33-42)66-59-27-13-7-19-50(59)51-20-8-14-28-60(51)66)61-29-15-26-57-62(61)52-21-6-12-25-56(52)64(57)54-23-10-4-17-47(54)48-18-5-11-24-55(48)64/h3-34,36-40,43H,35H2,1-2H3. The van der Waals surface area contributed by atoms with E-state index >= 15 is 0 Å². The highest BCUT2D eigenvalue weighted by Gasteiger charge is 2.52. The quantitative estimate of drug-likeness (QED) is 0.168. The molecule has 4 aliphatic rings. The van der Waals surface area contributed by atoms with Crippen LogP contribution in [0.3, 0.4) is 0 Å². The molecule has 0 saturated carbocycles. The summed E-state index contributed by atoms with van der Waals surface area (Å²) in [5.74, 6) is 0. The fourth-order valence-corrected chi connectivity index (χ4v) is 12.7. The topological polar surface area (TPSA) is 8.17 Å². The minimum Gasteiger partial charge on any atom is -0.334 e. The van der Waals surface area contributed by atoms with Crippen molar-refractivity contribution in [1.29, 1.82) is 0 Å². The number of rotatable bonds is 5. The molecular weight excluding hydrogens is 797 g/mol. The van der Waals surface area contributed by atoms with E-state index in [9.17, 15) is 0 Å². The van der Waals surface area contributed by atoms with Gasteiger partial charge in [0.05, 0.1) is 22.5 Å². The van der Waals surface area contributed by atoms with Crippen molar-refractivity contribution in [3.63, 3.8) is 0 Å². The predicted octanol–water partition coefficient (Wildman–Crippen LogP) is 16.0. The van der Waals surface area contributed by atoms with E-state index in [1.165, 1.54) is 117 Å². The van der Waals surface area contributed by atoms with Crippen LogP contribution in [0.2, 0.25) is 0 Å². The molecule has 0 saturated heterocycles. The fraction of sp³-hybridized carbons (Fsp3) is 0.0938. The second kappa shape index (κ2) is 13.8. The van der Waals surface area contributed by atoms with Crippen molar-refractivity contribution in [1.82, 2.24) is 4.57 Å². The average molecular weight is 843 g/mol. The molecule has 9 aromatic carbocycles. The summed E-state index contributed by atoms with van der Waals surface area (Å²) in [6, 6.07) is 77.5. The maximum Gasteiger partial charge on any atom is 0.0726 e. The van der Waals surface area contributed by atoms with Gasteiger partial charge in [-0.1, -0.05) is 196 Å². The van der Waals surface area contributed by atoms with Gasteiger partial charge in [-0.2, -0.15) is 0 Å². The fourth-order valence-electron chi connectivity index (χ4n) is 12.7. The molecule has 0 bridgehead atoms. The molecule has 4 aliphatic carbocycles. The van der Waals surface area contributed by atoms with Crippen LogP contribution >= 0.6 is 0 Å². The highest BCUT2D eigenvalue weighted by molar-refractivity contribution is 6.09. The van der Waals surface area contributed by atoms with E-state index in [0.717, 1.165) is 6.42 Å². The smallest absolute Gasteiger partial charge is 0.0726 e. The summed E-state index contributed by atoms with van der Waals surface area (Å²) in [5, 5.41) is 2.56. The molecule has 0 N–H and O–H groups in total. The molecule has 66 heavy (non-hydrogen) atoms. The summed E-state index contributed by atoms with van der Waals surface area (Å²) in [6.07, 6.45) is 8.15. The van der Waals surface area contributed by atoms with Gasteiger partial charge in [-0.05, 0) is 121 Å². The number of nitrogens with zero attached hydrogens (tertiary/aromatic N) is 2. The summed E-state index contributed by atoms with van der Waals surface area (Å²) in [7, 11) is 0. The maximum atomic E-state index is 2.66. The Bertz CT molecular complexity index is 3630. The molecule has 1 atom stereocenters. The van der Waals surface area contributed by atoms with Crippen LogP contribution in [-0.2, 0) is 10.8 Å². The Hall–Kier alpha value is -7.94.